The van der Waals surface area contributed by atoms with E-state index in [0.29, 0.717) is 12.2 Å². The average Bonchev–Trinajstić information content (AvgIpc) is 2.98. The van der Waals surface area contributed by atoms with Crippen molar-refractivity contribution >= 4 is 5.97 Å². The van der Waals surface area contributed by atoms with Crippen LogP contribution in [0.5, 0.6) is 0 Å². The minimum atomic E-state index is -0.811. The third-order valence-corrected chi connectivity index (χ3v) is 4.14. The van der Waals surface area contributed by atoms with Crippen LogP contribution in [0.4, 0.5) is 0 Å². The molecule has 132 valence electrons. The number of tetrazole rings is 1. The Labute approximate surface area is 139 Å². The predicted octanol–water partition coefficient (Wildman–Crippen LogP) is 4.00. The molecular formula is C17H32N4O2. The Bertz CT molecular complexity index is 420. The summed E-state index contributed by atoms with van der Waals surface area (Å²) >= 11 is 0. The molecule has 6 heteroatoms. The van der Waals surface area contributed by atoms with Crippen LogP contribution in [0.3, 0.4) is 0 Å². The number of hydrogen-bond donors (Lipinski definition) is 1. The molecule has 0 bridgehead atoms. The number of aromatic nitrogens is 4. The first-order valence-corrected chi connectivity index (χ1v) is 9.21. The summed E-state index contributed by atoms with van der Waals surface area (Å²) in [5.74, 6) is -0.131. The van der Waals surface area contributed by atoms with Crippen molar-refractivity contribution in [1.29, 1.82) is 0 Å². The highest BCUT2D eigenvalue weighted by atomic mass is 16.4. The Hall–Kier alpha value is -1.46. The fourth-order valence-corrected chi connectivity index (χ4v) is 2.72. The minimum Gasteiger partial charge on any atom is -0.481 e. The first kappa shape index (κ1) is 19.6. The van der Waals surface area contributed by atoms with Gasteiger partial charge in [-0.25, -0.2) is 4.68 Å². The molecule has 0 fully saturated rings. The lowest BCUT2D eigenvalue weighted by Gasteiger charge is -2.04. The maximum atomic E-state index is 10.6. The number of aryl methyl sites for hydroxylation is 2. The van der Waals surface area contributed by atoms with Gasteiger partial charge in [-0.15, -0.1) is 5.10 Å². The van der Waals surface area contributed by atoms with Crippen LogP contribution >= 0.6 is 0 Å². The van der Waals surface area contributed by atoms with E-state index in [1.54, 1.807) is 4.68 Å². The van der Waals surface area contributed by atoms with Gasteiger partial charge in [-0.3, -0.25) is 4.79 Å². The van der Waals surface area contributed by atoms with Gasteiger partial charge in [0, 0.05) is 13.0 Å². The zero-order valence-electron chi connectivity index (χ0n) is 14.5. The van der Waals surface area contributed by atoms with Crippen LogP contribution in [0.15, 0.2) is 0 Å². The van der Waals surface area contributed by atoms with Gasteiger partial charge >= 0.3 is 5.97 Å². The van der Waals surface area contributed by atoms with Crippen molar-refractivity contribution in [2.75, 3.05) is 0 Å². The van der Waals surface area contributed by atoms with Gasteiger partial charge < -0.3 is 5.11 Å². The monoisotopic (exact) mass is 324 g/mol. The van der Waals surface area contributed by atoms with E-state index in [-0.39, 0.29) is 6.42 Å². The number of unbranched alkanes of at least 4 members (excludes halogenated alkanes) is 10. The molecule has 0 spiro atoms. The van der Waals surface area contributed by atoms with Gasteiger partial charge in [0.1, 0.15) is 0 Å². The first-order valence-electron chi connectivity index (χ1n) is 9.21. The summed E-state index contributed by atoms with van der Waals surface area (Å²) in [7, 11) is 0. The fourth-order valence-electron chi connectivity index (χ4n) is 2.72. The maximum Gasteiger partial charge on any atom is 0.303 e. The molecule has 1 N–H and O–H groups in total. The van der Waals surface area contributed by atoms with E-state index in [4.69, 9.17) is 5.11 Å². The minimum absolute atomic E-state index is 0.0820. The summed E-state index contributed by atoms with van der Waals surface area (Å²) in [5.41, 5.74) is 0. The maximum absolute atomic E-state index is 10.6. The normalized spacial score (nSPS) is 11.0. The molecule has 0 aliphatic heterocycles. The standard InChI is InChI=1S/C17H32N4O2/c1-2-3-4-5-6-7-8-9-10-11-12-15-21-16(18-19-20-21)13-14-17(22)23/h2-15H2,1H3,(H,22,23). The van der Waals surface area contributed by atoms with E-state index in [1.807, 2.05) is 0 Å². The van der Waals surface area contributed by atoms with Crippen molar-refractivity contribution in [3.05, 3.63) is 5.82 Å². The van der Waals surface area contributed by atoms with Gasteiger partial charge in [-0.05, 0) is 16.8 Å². The van der Waals surface area contributed by atoms with E-state index >= 15 is 0 Å². The van der Waals surface area contributed by atoms with Gasteiger partial charge in [0.15, 0.2) is 5.82 Å². The number of aliphatic carboxylic acids is 1. The van der Waals surface area contributed by atoms with Gasteiger partial charge in [0.05, 0.1) is 6.42 Å². The van der Waals surface area contributed by atoms with E-state index in [2.05, 4.69) is 22.4 Å². The number of rotatable bonds is 15. The van der Waals surface area contributed by atoms with Crippen LogP contribution in [0, 0.1) is 0 Å². The lowest BCUT2D eigenvalue weighted by atomic mass is 10.1. The van der Waals surface area contributed by atoms with Gasteiger partial charge in [-0.1, -0.05) is 71.1 Å². The molecule has 6 nitrogen and oxygen atoms in total. The number of carboxylic acids is 1. The Kier molecular flexibility index (Phi) is 11.1. The molecule has 0 amide bonds. The highest BCUT2D eigenvalue weighted by Gasteiger charge is 2.07. The lowest BCUT2D eigenvalue weighted by Crippen LogP contribution is -2.08. The molecule has 1 rings (SSSR count). The number of hydrogen-bond acceptors (Lipinski definition) is 4. The third kappa shape index (κ3) is 10.0. The molecule has 0 saturated carbocycles. The molecule has 0 atom stereocenters. The molecule has 0 unspecified atom stereocenters. The quantitative estimate of drug-likeness (QED) is 0.493. The van der Waals surface area contributed by atoms with E-state index in [1.165, 1.54) is 64.2 Å². The Balaban J connectivity index is 1.97. The van der Waals surface area contributed by atoms with E-state index in [0.717, 1.165) is 13.0 Å². The molecule has 0 aliphatic rings. The Morgan fingerprint density at radius 2 is 1.52 bits per heavy atom. The molecular weight excluding hydrogens is 292 g/mol. The van der Waals surface area contributed by atoms with Gasteiger partial charge in [0.25, 0.3) is 0 Å². The van der Waals surface area contributed by atoms with Gasteiger partial charge in [0.2, 0.25) is 0 Å². The summed E-state index contributed by atoms with van der Waals surface area (Å²) in [6, 6.07) is 0. The first-order chi connectivity index (χ1) is 11.2. The molecule has 0 aliphatic carbocycles. The molecule has 23 heavy (non-hydrogen) atoms. The second-order valence-electron chi connectivity index (χ2n) is 6.25. The van der Waals surface area contributed by atoms with Crippen LogP contribution < -0.4 is 0 Å². The SMILES string of the molecule is CCCCCCCCCCCCCn1nnnc1CCC(=O)O. The summed E-state index contributed by atoms with van der Waals surface area (Å²) < 4.78 is 1.75. The molecule has 1 aromatic rings. The topological polar surface area (TPSA) is 80.9 Å². The molecule has 1 aromatic heterocycles. The van der Waals surface area contributed by atoms with Crippen LogP contribution in [0.2, 0.25) is 0 Å². The van der Waals surface area contributed by atoms with Crippen molar-refractivity contribution in [3.63, 3.8) is 0 Å². The van der Waals surface area contributed by atoms with Crippen LogP contribution in [0.1, 0.15) is 89.8 Å². The Morgan fingerprint density at radius 3 is 2.09 bits per heavy atom. The molecule has 0 radical (unpaired) electrons. The van der Waals surface area contributed by atoms with Crippen molar-refractivity contribution in [3.8, 4) is 0 Å². The van der Waals surface area contributed by atoms with Crippen LogP contribution in [0.25, 0.3) is 0 Å². The van der Waals surface area contributed by atoms with Gasteiger partial charge in [-0.2, -0.15) is 0 Å². The second-order valence-corrected chi connectivity index (χ2v) is 6.25. The predicted molar refractivity (Wildman–Crippen MR) is 90.2 cm³/mol. The summed E-state index contributed by atoms with van der Waals surface area (Å²) in [4.78, 5) is 10.6. The summed E-state index contributed by atoms with van der Waals surface area (Å²) in [5, 5.41) is 20.2. The second kappa shape index (κ2) is 13.0. The highest BCUT2D eigenvalue weighted by molar-refractivity contribution is 5.66. The molecule has 1 heterocycles. The zero-order valence-corrected chi connectivity index (χ0v) is 14.5. The lowest BCUT2D eigenvalue weighted by molar-refractivity contribution is -0.137. The number of carboxylic acid groups (broad SMARTS) is 1. The van der Waals surface area contributed by atoms with Crippen molar-refractivity contribution in [2.24, 2.45) is 0 Å². The largest absolute Gasteiger partial charge is 0.481 e. The van der Waals surface area contributed by atoms with E-state index in [9.17, 15) is 4.79 Å². The summed E-state index contributed by atoms with van der Waals surface area (Å²) in [6.45, 7) is 3.05. The number of nitrogens with zero attached hydrogens (tertiary/aromatic N) is 4. The van der Waals surface area contributed by atoms with E-state index < -0.39 is 5.97 Å². The van der Waals surface area contributed by atoms with Crippen LogP contribution in [-0.2, 0) is 17.8 Å². The summed E-state index contributed by atoms with van der Waals surface area (Å²) in [6.07, 6.45) is 14.9. The number of carbonyl (C=O) groups is 1. The third-order valence-electron chi connectivity index (χ3n) is 4.14. The molecule has 0 aromatic carbocycles. The van der Waals surface area contributed by atoms with Crippen molar-refractivity contribution < 1.29 is 9.90 Å². The van der Waals surface area contributed by atoms with Crippen molar-refractivity contribution in [1.82, 2.24) is 20.2 Å². The van der Waals surface area contributed by atoms with Crippen molar-refractivity contribution in [2.45, 2.75) is 96.9 Å². The Morgan fingerprint density at radius 1 is 0.957 bits per heavy atom. The van der Waals surface area contributed by atoms with Crippen LogP contribution in [-0.4, -0.2) is 31.3 Å². The smallest absolute Gasteiger partial charge is 0.303 e. The highest BCUT2D eigenvalue weighted by Crippen LogP contribution is 2.11. The fraction of sp³-hybridized carbons (Fsp3) is 0.882. The average molecular weight is 324 g/mol. The zero-order chi connectivity index (χ0) is 16.8. The molecule has 0 saturated heterocycles.